The Bertz CT molecular complexity index is 1120. The van der Waals surface area contributed by atoms with Crippen molar-refractivity contribution in [1.82, 2.24) is 9.80 Å². The third-order valence-electron chi connectivity index (χ3n) is 9.89. The topological polar surface area (TPSA) is 153 Å². The summed E-state index contributed by atoms with van der Waals surface area (Å²) in [4.78, 5) is 30.1. The van der Waals surface area contributed by atoms with Gasteiger partial charge in [-0.3, -0.25) is 4.79 Å². The minimum absolute atomic E-state index is 0.0105. The van der Waals surface area contributed by atoms with Crippen molar-refractivity contribution in [1.29, 1.82) is 0 Å². The number of aliphatic hydroxyl groups excluding tert-OH is 2. The Morgan fingerprint density at radius 3 is 2.64 bits per heavy atom. The molecule has 0 aliphatic carbocycles. The standard InChI is InChI=1S/C36H60N2O9/c1-8-28(40)26(5)33-29(45-33)23-35(6,43)16-10-12-24(3)32-25(4)13-14-30(36(7,44)17-15-27(39)22-31(41)47-32)46-34(42)38-19-11-18-37(9-2)20-21-38/h10,12-14,16,25-30,32-33,39-40,43-44H,8-9,11,15,17-23H2,1-7H3/b14-13+,16-10+,24-12+. The molecule has 3 aliphatic rings. The molecule has 1 amide bonds. The summed E-state index contributed by atoms with van der Waals surface area (Å²) in [6.45, 7) is 16.6. The number of hydrogen-bond acceptors (Lipinski definition) is 10. The van der Waals surface area contributed by atoms with Crippen LogP contribution in [0.25, 0.3) is 0 Å². The molecule has 0 aromatic carbocycles. The van der Waals surface area contributed by atoms with Gasteiger partial charge in [0.2, 0.25) is 0 Å². The Hall–Kier alpha value is -2.28. The van der Waals surface area contributed by atoms with Gasteiger partial charge in [0.1, 0.15) is 11.7 Å². The van der Waals surface area contributed by atoms with E-state index >= 15 is 0 Å². The molecule has 10 unspecified atom stereocenters. The van der Waals surface area contributed by atoms with Crippen LogP contribution in [0.3, 0.4) is 0 Å². The summed E-state index contributed by atoms with van der Waals surface area (Å²) in [6.07, 6.45) is 6.59. The van der Waals surface area contributed by atoms with E-state index in [2.05, 4.69) is 11.8 Å². The molecule has 0 aromatic heterocycles. The third-order valence-corrected chi connectivity index (χ3v) is 9.89. The number of nitrogens with zero attached hydrogens (tertiary/aromatic N) is 2. The third kappa shape index (κ3) is 12.0. The highest BCUT2D eigenvalue weighted by molar-refractivity contribution is 5.70. The van der Waals surface area contributed by atoms with E-state index in [9.17, 15) is 30.0 Å². The maximum Gasteiger partial charge on any atom is 0.410 e. The Morgan fingerprint density at radius 2 is 1.96 bits per heavy atom. The number of allylic oxidation sites excluding steroid dienone is 2. The largest absolute Gasteiger partial charge is 0.457 e. The van der Waals surface area contributed by atoms with Crippen LogP contribution >= 0.6 is 0 Å². The van der Waals surface area contributed by atoms with Gasteiger partial charge < -0.3 is 44.4 Å². The molecule has 3 aliphatic heterocycles. The normalized spacial score (nSPS) is 35.1. The number of amides is 1. The predicted octanol–water partition coefficient (Wildman–Crippen LogP) is 3.74. The number of aliphatic hydroxyl groups is 4. The second-order valence-electron chi connectivity index (χ2n) is 14.3. The number of rotatable bonds is 10. The molecular formula is C36H60N2O9. The molecule has 3 rings (SSSR count). The molecule has 3 heterocycles. The fourth-order valence-electron chi connectivity index (χ4n) is 6.46. The lowest BCUT2D eigenvalue weighted by Gasteiger charge is -2.34. The summed E-state index contributed by atoms with van der Waals surface area (Å²) in [6, 6.07) is 0. The first kappa shape index (κ1) is 39.2. The van der Waals surface area contributed by atoms with Crippen molar-refractivity contribution in [2.75, 3.05) is 32.7 Å². The summed E-state index contributed by atoms with van der Waals surface area (Å²) in [5, 5.41) is 43.2. The van der Waals surface area contributed by atoms with E-state index in [1.54, 1.807) is 49.1 Å². The van der Waals surface area contributed by atoms with E-state index in [-0.39, 0.29) is 43.3 Å². The maximum absolute atomic E-state index is 13.3. The lowest BCUT2D eigenvalue weighted by molar-refractivity contribution is -0.151. The molecule has 11 heteroatoms. The van der Waals surface area contributed by atoms with Gasteiger partial charge in [0.25, 0.3) is 0 Å². The van der Waals surface area contributed by atoms with Crippen LogP contribution in [0.15, 0.2) is 36.0 Å². The van der Waals surface area contributed by atoms with Crippen LogP contribution in [-0.4, -0.2) is 123 Å². The summed E-state index contributed by atoms with van der Waals surface area (Å²) in [5.41, 5.74) is -1.93. The summed E-state index contributed by atoms with van der Waals surface area (Å²) < 4.78 is 17.5. The average Bonchev–Trinajstić information content (AvgIpc) is 3.81. The zero-order valence-corrected chi connectivity index (χ0v) is 29.5. The van der Waals surface area contributed by atoms with E-state index in [0.717, 1.165) is 26.1 Å². The highest BCUT2D eigenvalue weighted by atomic mass is 16.6. The molecule has 268 valence electrons. The van der Waals surface area contributed by atoms with Crippen molar-refractivity contribution in [2.45, 2.75) is 135 Å². The Labute approximate surface area is 281 Å². The molecule has 2 fully saturated rings. The number of epoxide rings is 1. The zero-order chi connectivity index (χ0) is 34.9. The molecule has 2 saturated heterocycles. The lowest BCUT2D eigenvalue weighted by atomic mass is 9.88. The summed E-state index contributed by atoms with van der Waals surface area (Å²) in [7, 11) is 0. The van der Waals surface area contributed by atoms with Crippen molar-refractivity contribution in [3.63, 3.8) is 0 Å². The van der Waals surface area contributed by atoms with Gasteiger partial charge in [-0.05, 0) is 71.2 Å². The number of carbonyl (C=O) groups excluding carboxylic acids is 2. The molecule has 0 aromatic rings. The highest BCUT2D eigenvalue weighted by Crippen LogP contribution is 2.37. The van der Waals surface area contributed by atoms with E-state index in [1.165, 1.54) is 0 Å². The van der Waals surface area contributed by atoms with Crippen LogP contribution in [0.5, 0.6) is 0 Å². The quantitative estimate of drug-likeness (QED) is 0.118. The van der Waals surface area contributed by atoms with Gasteiger partial charge in [-0.25, -0.2) is 4.79 Å². The van der Waals surface area contributed by atoms with Crippen LogP contribution in [0.4, 0.5) is 4.79 Å². The fourth-order valence-corrected chi connectivity index (χ4v) is 6.46. The van der Waals surface area contributed by atoms with Gasteiger partial charge in [0, 0.05) is 37.9 Å². The molecule has 0 spiro atoms. The van der Waals surface area contributed by atoms with Gasteiger partial charge in [-0.1, -0.05) is 52.0 Å². The Balaban J connectivity index is 1.75. The van der Waals surface area contributed by atoms with Crippen LogP contribution in [0, 0.1) is 11.8 Å². The minimum Gasteiger partial charge on any atom is -0.457 e. The SMILES string of the molecule is CCC(O)C(C)C1OC1CC(C)(O)/C=C/C=C(\C)C1OC(=O)CC(O)CCC(C)(O)C(OC(=O)N2CCCN(CC)CC2)/C=C/C1C. The van der Waals surface area contributed by atoms with Crippen LogP contribution in [-0.2, 0) is 19.0 Å². The smallest absolute Gasteiger partial charge is 0.410 e. The second-order valence-corrected chi connectivity index (χ2v) is 14.3. The molecular weight excluding hydrogens is 604 g/mol. The number of carbonyl (C=O) groups is 2. The van der Waals surface area contributed by atoms with Crippen LogP contribution < -0.4 is 0 Å². The van der Waals surface area contributed by atoms with E-state index < -0.39 is 47.7 Å². The van der Waals surface area contributed by atoms with E-state index in [4.69, 9.17) is 14.2 Å². The fraction of sp³-hybridized carbons (Fsp3) is 0.778. The zero-order valence-electron chi connectivity index (χ0n) is 29.5. The number of esters is 1. The molecule has 4 N–H and O–H groups in total. The van der Waals surface area contributed by atoms with Gasteiger partial charge in [0.05, 0.1) is 36.4 Å². The predicted molar refractivity (Wildman–Crippen MR) is 179 cm³/mol. The van der Waals surface area contributed by atoms with Crippen molar-refractivity contribution in [2.24, 2.45) is 11.8 Å². The lowest BCUT2D eigenvalue weighted by Crippen LogP contribution is -2.45. The molecule has 0 radical (unpaired) electrons. The highest BCUT2D eigenvalue weighted by Gasteiger charge is 2.47. The molecule has 47 heavy (non-hydrogen) atoms. The monoisotopic (exact) mass is 664 g/mol. The number of ether oxygens (including phenoxy) is 3. The molecule has 0 bridgehead atoms. The maximum atomic E-state index is 13.3. The number of likely N-dealkylation sites (N-methyl/N-ethyl adjacent to an activating group) is 1. The first-order valence-corrected chi connectivity index (χ1v) is 17.4. The van der Waals surface area contributed by atoms with Crippen LogP contribution in [0.2, 0.25) is 0 Å². The molecule has 11 nitrogen and oxygen atoms in total. The summed E-state index contributed by atoms with van der Waals surface area (Å²) >= 11 is 0. The van der Waals surface area contributed by atoms with Gasteiger partial charge in [0.15, 0.2) is 6.10 Å². The van der Waals surface area contributed by atoms with Gasteiger partial charge >= 0.3 is 12.1 Å². The first-order valence-electron chi connectivity index (χ1n) is 17.4. The van der Waals surface area contributed by atoms with Crippen LogP contribution in [0.1, 0.15) is 87.0 Å². The van der Waals surface area contributed by atoms with Crippen molar-refractivity contribution in [3.05, 3.63) is 36.0 Å². The Morgan fingerprint density at radius 1 is 1.23 bits per heavy atom. The summed E-state index contributed by atoms with van der Waals surface area (Å²) in [5.74, 6) is -0.943. The second kappa shape index (κ2) is 17.4. The van der Waals surface area contributed by atoms with Crippen molar-refractivity contribution < 1.29 is 44.2 Å². The van der Waals surface area contributed by atoms with E-state index in [1.807, 2.05) is 27.7 Å². The molecule has 0 saturated carbocycles. The Kier molecular flexibility index (Phi) is 14.5. The van der Waals surface area contributed by atoms with Gasteiger partial charge in [-0.15, -0.1) is 0 Å². The molecule has 10 atom stereocenters. The first-order chi connectivity index (χ1) is 22.1. The van der Waals surface area contributed by atoms with Gasteiger partial charge in [-0.2, -0.15) is 0 Å². The number of hydrogen-bond donors (Lipinski definition) is 4. The van der Waals surface area contributed by atoms with Crippen molar-refractivity contribution in [3.8, 4) is 0 Å². The van der Waals surface area contributed by atoms with Crippen molar-refractivity contribution >= 4 is 12.1 Å². The minimum atomic E-state index is -1.48. The average molecular weight is 665 g/mol. The number of cyclic esters (lactones) is 1. The van der Waals surface area contributed by atoms with E-state index in [0.29, 0.717) is 31.5 Å².